The maximum absolute atomic E-state index is 14.2. The van der Waals surface area contributed by atoms with Gasteiger partial charge in [-0.3, -0.25) is 4.79 Å². The predicted molar refractivity (Wildman–Crippen MR) is 105 cm³/mol. The lowest BCUT2D eigenvalue weighted by molar-refractivity contribution is -0.121. The molecule has 2 aromatic rings. The first-order chi connectivity index (χ1) is 13.5. The van der Waals surface area contributed by atoms with Crippen molar-refractivity contribution in [2.24, 2.45) is 5.41 Å². The maximum Gasteiger partial charge on any atom is 0.224 e. The summed E-state index contributed by atoms with van der Waals surface area (Å²) in [4.78, 5) is 14.9. The number of hydrogen-bond acceptors (Lipinski definition) is 4. The minimum atomic E-state index is -0.170. The van der Waals surface area contributed by atoms with Gasteiger partial charge in [0.05, 0.1) is 18.2 Å². The third-order valence-electron chi connectivity index (χ3n) is 6.43. The van der Waals surface area contributed by atoms with Crippen molar-refractivity contribution in [3.8, 4) is 0 Å². The largest absolute Gasteiger partial charge is 0.352 e. The molecule has 2 saturated carbocycles. The lowest BCUT2D eigenvalue weighted by Gasteiger charge is -2.18. The number of carbonyl (C=O) groups is 1. The van der Waals surface area contributed by atoms with Crippen LogP contribution in [0.25, 0.3) is 0 Å². The summed E-state index contributed by atoms with van der Waals surface area (Å²) in [6, 6.07) is 9.35. The highest BCUT2D eigenvalue weighted by Gasteiger charge is 2.55. The number of benzene rings is 1. The lowest BCUT2D eigenvalue weighted by Crippen LogP contribution is -2.42. The monoisotopic (exact) mass is 380 g/mol. The Bertz CT molecular complexity index is 905. The van der Waals surface area contributed by atoms with Gasteiger partial charge >= 0.3 is 0 Å². The molecule has 1 aromatic heterocycles. The van der Waals surface area contributed by atoms with Gasteiger partial charge in [0.2, 0.25) is 5.91 Å². The van der Waals surface area contributed by atoms with E-state index in [1.807, 2.05) is 31.2 Å². The number of halogens is 1. The first-order valence-electron chi connectivity index (χ1n) is 10.2. The van der Waals surface area contributed by atoms with E-state index in [4.69, 9.17) is 0 Å². The normalized spacial score (nSPS) is 22.5. The van der Waals surface area contributed by atoms with Crippen LogP contribution in [-0.4, -0.2) is 35.2 Å². The Morgan fingerprint density at radius 1 is 1.25 bits per heavy atom. The van der Waals surface area contributed by atoms with Gasteiger partial charge in [0, 0.05) is 18.5 Å². The van der Waals surface area contributed by atoms with Crippen molar-refractivity contribution in [3.63, 3.8) is 0 Å². The number of aryl methyl sites for hydroxylation is 1. The number of aromatic nitrogens is 2. The third kappa shape index (κ3) is 3.36. The van der Waals surface area contributed by atoms with E-state index < -0.39 is 0 Å². The summed E-state index contributed by atoms with van der Waals surface area (Å²) in [6.45, 7) is 3.57. The van der Waals surface area contributed by atoms with E-state index in [1.54, 1.807) is 0 Å². The summed E-state index contributed by atoms with van der Waals surface area (Å²) >= 11 is 0. The number of nitrogens with one attached hydrogen (secondary N) is 1. The first-order valence-corrected chi connectivity index (χ1v) is 10.2. The Labute approximate surface area is 164 Å². The zero-order valence-electron chi connectivity index (χ0n) is 16.1. The Balaban J connectivity index is 1.23. The average Bonchev–Trinajstić information content (AvgIpc) is 3.56. The number of hydrogen-bond donors (Lipinski definition) is 1. The van der Waals surface area contributed by atoms with Gasteiger partial charge in [0.15, 0.2) is 5.82 Å². The van der Waals surface area contributed by atoms with Crippen LogP contribution in [0.4, 0.5) is 10.2 Å². The van der Waals surface area contributed by atoms with Crippen LogP contribution in [0.1, 0.15) is 48.4 Å². The number of rotatable bonds is 5. The van der Waals surface area contributed by atoms with Crippen LogP contribution in [-0.2, 0) is 11.2 Å². The molecule has 1 spiro atoms. The number of carbonyl (C=O) groups excluding carboxylic acids is 1. The molecule has 2 aliphatic carbocycles. The van der Waals surface area contributed by atoms with Gasteiger partial charge in [0.1, 0.15) is 5.82 Å². The van der Waals surface area contributed by atoms with Crippen molar-refractivity contribution in [1.82, 2.24) is 15.5 Å². The minimum absolute atomic E-state index is 0.0355. The van der Waals surface area contributed by atoms with Crippen LogP contribution in [0.2, 0.25) is 0 Å². The third-order valence-corrected chi connectivity index (χ3v) is 6.43. The Kier molecular flexibility index (Phi) is 4.11. The smallest absolute Gasteiger partial charge is 0.224 e. The van der Waals surface area contributed by atoms with Gasteiger partial charge in [0.25, 0.3) is 0 Å². The SMILES string of the molecule is Cc1ccc(N2C[C@H](NC(=O)Cc3ccc(C4CC4)c(F)c3)C3(CC3)C2)nn1. The van der Waals surface area contributed by atoms with Crippen molar-refractivity contribution in [2.75, 3.05) is 18.0 Å². The standard InChI is InChI=1S/C22H25FN4O/c1-14-2-7-20(26-25-14)27-12-19(22(13-27)8-9-22)24-21(28)11-15-3-6-17(16-4-5-16)18(23)10-15/h2-3,6-7,10,16,19H,4-5,8-9,11-13H2,1H3,(H,24,28)/t19-/m0/s1. The van der Waals surface area contributed by atoms with E-state index in [2.05, 4.69) is 20.4 Å². The van der Waals surface area contributed by atoms with E-state index in [1.165, 1.54) is 6.07 Å². The highest BCUT2D eigenvalue weighted by atomic mass is 19.1. The minimum Gasteiger partial charge on any atom is -0.352 e. The fraction of sp³-hybridized carbons (Fsp3) is 0.500. The molecular formula is C22H25FN4O. The number of anilines is 1. The molecule has 3 aliphatic rings. The molecule has 146 valence electrons. The summed E-state index contributed by atoms with van der Waals surface area (Å²) in [6.07, 6.45) is 4.61. The quantitative estimate of drug-likeness (QED) is 0.866. The molecule has 1 aliphatic heterocycles. The topological polar surface area (TPSA) is 58.1 Å². The van der Waals surface area contributed by atoms with Crippen molar-refractivity contribution in [1.29, 1.82) is 0 Å². The summed E-state index contributed by atoms with van der Waals surface area (Å²) in [5.41, 5.74) is 2.59. The zero-order chi connectivity index (χ0) is 19.3. The van der Waals surface area contributed by atoms with Gasteiger partial charge in [-0.1, -0.05) is 12.1 Å². The fourth-order valence-corrected chi connectivity index (χ4v) is 4.41. The van der Waals surface area contributed by atoms with E-state index >= 15 is 0 Å². The van der Waals surface area contributed by atoms with Crippen molar-refractivity contribution < 1.29 is 9.18 Å². The number of amides is 1. The molecule has 5 nitrogen and oxygen atoms in total. The molecule has 28 heavy (non-hydrogen) atoms. The fourth-order valence-electron chi connectivity index (χ4n) is 4.41. The first kappa shape index (κ1) is 17.6. The molecule has 1 atom stereocenters. The van der Waals surface area contributed by atoms with Gasteiger partial charge in [-0.2, -0.15) is 5.10 Å². The molecular weight excluding hydrogens is 355 g/mol. The highest BCUT2D eigenvalue weighted by Crippen LogP contribution is 2.53. The molecule has 0 unspecified atom stereocenters. The van der Waals surface area contributed by atoms with Crippen LogP contribution < -0.4 is 10.2 Å². The molecule has 5 rings (SSSR count). The molecule has 0 radical (unpaired) electrons. The Morgan fingerprint density at radius 2 is 2.07 bits per heavy atom. The Morgan fingerprint density at radius 3 is 2.71 bits per heavy atom. The van der Waals surface area contributed by atoms with E-state index in [9.17, 15) is 9.18 Å². The van der Waals surface area contributed by atoms with Crippen LogP contribution in [0.3, 0.4) is 0 Å². The predicted octanol–water partition coefficient (Wildman–Crippen LogP) is 3.13. The van der Waals surface area contributed by atoms with Crippen molar-refractivity contribution in [3.05, 3.63) is 53.0 Å². The molecule has 1 N–H and O–H groups in total. The summed E-state index contributed by atoms with van der Waals surface area (Å²) in [5.74, 6) is 1.04. The van der Waals surface area contributed by atoms with Crippen LogP contribution in [0, 0.1) is 18.2 Å². The second kappa shape index (κ2) is 6.54. The molecule has 3 fully saturated rings. The van der Waals surface area contributed by atoms with Gasteiger partial charge in [-0.05, 0) is 67.9 Å². The van der Waals surface area contributed by atoms with Gasteiger partial charge in [-0.15, -0.1) is 5.10 Å². The average molecular weight is 380 g/mol. The van der Waals surface area contributed by atoms with Gasteiger partial charge < -0.3 is 10.2 Å². The molecule has 2 heterocycles. The molecule has 6 heteroatoms. The molecule has 1 aromatic carbocycles. The van der Waals surface area contributed by atoms with Crippen LogP contribution >= 0.6 is 0 Å². The van der Waals surface area contributed by atoms with Crippen molar-refractivity contribution in [2.45, 2.75) is 51.0 Å². The zero-order valence-corrected chi connectivity index (χ0v) is 16.1. The summed E-state index contributed by atoms with van der Waals surface area (Å²) < 4.78 is 14.2. The van der Waals surface area contributed by atoms with Crippen molar-refractivity contribution >= 4 is 11.7 Å². The van der Waals surface area contributed by atoms with Crippen LogP contribution in [0.15, 0.2) is 30.3 Å². The number of nitrogens with zero attached hydrogens (tertiary/aromatic N) is 3. The second-order valence-corrected chi connectivity index (χ2v) is 8.70. The molecule has 1 amide bonds. The van der Waals surface area contributed by atoms with E-state index in [0.29, 0.717) is 5.92 Å². The second-order valence-electron chi connectivity index (χ2n) is 8.70. The van der Waals surface area contributed by atoms with E-state index in [-0.39, 0.29) is 29.6 Å². The molecule has 0 bridgehead atoms. The highest BCUT2D eigenvalue weighted by molar-refractivity contribution is 5.79. The molecule has 1 saturated heterocycles. The van der Waals surface area contributed by atoms with E-state index in [0.717, 1.165) is 61.4 Å². The summed E-state index contributed by atoms with van der Waals surface area (Å²) in [5, 5.41) is 11.7. The summed E-state index contributed by atoms with van der Waals surface area (Å²) in [7, 11) is 0. The van der Waals surface area contributed by atoms with Crippen LogP contribution in [0.5, 0.6) is 0 Å². The maximum atomic E-state index is 14.2. The Hall–Kier alpha value is -2.50. The lowest BCUT2D eigenvalue weighted by atomic mass is 10.00. The van der Waals surface area contributed by atoms with Gasteiger partial charge in [-0.25, -0.2) is 4.39 Å².